The Morgan fingerprint density at radius 2 is 2.29 bits per heavy atom. The second-order valence-corrected chi connectivity index (χ2v) is 5.45. The van der Waals surface area contributed by atoms with Crippen LogP contribution in [0, 0.1) is 6.92 Å². The third-order valence-electron chi connectivity index (χ3n) is 2.71. The maximum absolute atomic E-state index is 11.6. The molecule has 5 nitrogen and oxygen atoms in total. The van der Waals surface area contributed by atoms with Crippen LogP contribution in [0.2, 0.25) is 0 Å². The number of esters is 1. The first-order valence-electron chi connectivity index (χ1n) is 6.33. The predicted octanol–water partition coefficient (Wildman–Crippen LogP) is 3.35. The second-order valence-electron chi connectivity index (χ2n) is 4.39. The van der Waals surface area contributed by atoms with Crippen molar-refractivity contribution in [2.24, 2.45) is 0 Å². The Hall–Kier alpha value is -2.47. The summed E-state index contributed by atoms with van der Waals surface area (Å²) in [5.74, 6) is 0.251. The molecule has 0 unspecified atom stereocenters. The highest BCUT2D eigenvalue weighted by Crippen LogP contribution is 2.22. The van der Waals surface area contributed by atoms with Gasteiger partial charge in [-0.05, 0) is 25.1 Å². The number of aryl methyl sites for hydroxylation is 1. The Bertz CT molecular complexity index is 771. The van der Waals surface area contributed by atoms with Crippen molar-refractivity contribution in [2.75, 3.05) is 0 Å². The average Bonchev–Trinajstić information content (AvgIpc) is 3.08. The molecule has 0 fully saturated rings. The van der Waals surface area contributed by atoms with Crippen LogP contribution < -0.4 is 0 Å². The molecule has 3 aromatic rings. The van der Waals surface area contributed by atoms with Crippen LogP contribution in [0.15, 0.2) is 40.9 Å². The summed E-state index contributed by atoms with van der Waals surface area (Å²) in [6.07, 6.45) is 3.02. The number of carbonyl (C=O) groups excluding carboxylic acids is 1. The highest BCUT2D eigenvalue weighted by Gasteiger charge is 2.04. The van der Waals surface area contributed by atoms with Crippen LogP contribution in [-0.4, -0.2) is 16.1 Å². The van der Waals surface area contributed by atoms with Crippen molar-refractivity contribution in [2.45, 2.75) is 13.5 Å². The van der Waals surface area contributed by atoms with E-state index in [-0.39, 0.29) is 6.61 Å². The van der Waals surface area contributed by atoms with Crippen molar-refractivity contribution in [3.63, 3.8) is 0 Å². The highest BCUT2D eigenvalue weighted by molar-refractivity contribution is 7.19. The summed E-state index contributed by atoms with van der Waals surface area (Å²) in [5.41, 5.74) is 1.52. The zero-order valence-electron chi connectivity index (χ0n) is 11.3. The molecule has 2 aromatic heterocycles. The van der Waals surface area contributed by atoms with E-state index in [0.29, 0.717) is 11.5 Å². The molecule has 6 heteroatoms. The summed E-state index contributed by atoms with van der Waals surface area (Å²) in [4.78, 5) is 16.0. The minimum atomic E-state index is -0.435. The van der Waals surface area contributed by atoms with Crippen LogP contribution in [-0.2, 0) is 16.1 Å². The van der Waals surface area contributed by atoms with Gasteiger partial charge in [-0.3, -0.25) is 0 Å². The second kappa shape index (κ2) is 5.88. The van der Waals surface area contributed by atoms with Crippen LogP contribution in [0.3, 0.4) is 0 Å². The number of hydrogen-bond donors (Lipinski definition) is 0. The first kappa shape index (κ1) is 13.5. The highest BCUT2D eigenvalue weighted by atomic mass is 32.1. The van der Waals surface area contributed by atoms with Gasteiger partial charge in [-0.2, -0.15) is 0 Å². The largest absolute Gasteiger partial charge is 0.456 e. The van der Waals surface area contributed by atoms with Gasteiger partial charge < -0.3 is 9.26 Å². The first-order chi connectivity index (χ1) is 10.2. The van der Waals surface area contributed by atoms with Gasteiger partial charge in [0.15, 0.2) is 0 Å². The lowest BCUT2D eigenvalue weighted by atomic mass is 10.3. The fourth-order valence-corrected chi connectivity index (χ4v) is 2.65. The molecule has 0 radical (unpaired) electrons. The normalized spacial score (nSPS) is 11.3. The first-order valence-corrected chi connectivity index (χ1v) is 7.15. The summed E-state index contributed by atoms with van der Waals surface area (Å²) in [6, 6.07) is 9.56. The number of hydrogen-bond acceptors (Lipinski definition) is 6. The fourth-order valence-electron chi connectivity index (χ4n) is 1.78. The van der Waals surface area contributed by atoms with Gasteiger partial charge >= 0.3 is 5.97 Å². The molecule has 3 rings (SSSR count). The summed E-state index contributed by atoms with van der Waals surface area (Å²) < 4.78 is 11.0. The van der Waals surface area contributed by atoms with Crippen LogP contribution in [0.25, 0.3) is 16.3 Å². The zero-order chi connectivity index (χ0) is 14.7. The van der Waals surface area contributed by atoms with Gasteiger partial charge in [-0.1, -0.05) is 17.3 Å². The fraction of sp³-hybridized carbons (Fsp3) is 0.133. The van der Waals surface area contributed by atoms with E-state index in [2.05, 4.69) is 10.1 Å². The lowest BCUT2D eigenvalue weighted by Gasteiger charge is -1.96. The topological polar surface area (TPSA) is 65.2 Å². The van der Waals surface area contributed by atoms with Crippen molar-refractivity contribution in [1.82, 2.24) is 10.1 Å². The third kappa shape index (κ3) is 3.35. The smallest absolute Gasteiger partial charge is 0.331 e. The standard InChI is InChI=1S/C15H12N2O3S/c1-10-8-11(17-20-10)9-19-15(18)7-6-14-16-12-4-2-3-5-13(12)21-14/h2-8H,9H2,1H3/b7-6+. The Balaban J connectivity index is 1.61. The molecular weight excluding hydrogens is 288 g/mol. The van der Waals surface area contributed by atoms with E-state index in [4.69, 9.17) is 9.26 Å². The molecule has 0 aliphatic carbocycles. The van der Waals surface area contributed by atoms with Crippen LogP contribution >= 0.6 is 11.3 Å². The molecule has 0 bridgehead atoms. The molecule has 0 N–H and O–H groups in total. The Kier molecular flexibility index (Phi) is 3.79. The van der Waals surface area contributed by atoms with E-state index in [9.17, 15) is 4.79 Å². The number of aromatic nitrogens is 2. The molecule has 0 aliphatic heterocycles. The number of nitrogens with zero attached hydrogens (tertiary/aromatic N) is 2. The number of benzene rings is 1. The quantitative estimate of drug-likeness (QED) is 0.546. The van der Waals surface area contributed by atoms with Crippen molar-refractivity contribution < 1.29 is 14.1 Å². The molecule has 0 atom stereocenters. The molecule has 106 valence electrons. The van der Waals surface area contributed by atoms with E-state index in [1.54, 1.807) is 19.1 Å². The Morgan fingerprint density at radius 1 is 1.43 bits per heavy atom. The summed E-state index contributed by atoms with van der Waals surface area (Å²) in [6.45, 7) is 1.88. The maximum Gasteiger partial charge on any atom is 0.331 e. The van der Waals surface area contributed by atoms with Crippen LogP contribution in [0.5, 0.6) is 0 Å². The van der Waals surface area contributed by atoms with E-state index < -0.39 is 5.97 Å². The van der Waals surface area contributed by atoms with E-state index in [1.807, 2.05) is 24.3 Å². The molecule has 1 aromatic carbocycles. The van der Waals surface area contributed by atoms with Crippen LogP contribution in [0.4, 0.5) is 0 Å². The van der Waals surface area contributed by atoms with Gasteiger partial charge in [-0.25, -0.2) is 9.78 Å². The number of ether oxygens (including phenoxy) is 1. The molecule has 0 spiro atoms. The van der Waals surface area contributed by atoms with Crippen molar-refractivity contribution in [3.05, 3.63) is 52.9 Å². The molecule has 0 saturated carbocycles. The Morgan fingerprint density at radius 3 is 3.05 bits per heavy atom. The number of para-hydroxylation sites is 1. The number of fused-ring (bicyclic) bond motifs is 1. The van der Waals surface area contributed by atoms with Gasteiger partial charge in [-0.15, -0.1) is 11.3 Å². The molecule has 21 heavy (non-hydrogen) atoms. The average molecular weight is 300 g/mol. The molecule has 0 saturated heterocycles. The van der Waals surface area contributed by atoms with Crippen molar-refractivity contribution >= 4 is 33.6 Å². The number of carbonyl (C=O) groups is 1. The monoisotopic (exact) mass is 300 g/mol. The van der Waals surface area contributed by atoms with E-state index in [0.717, 1.165) is 15.2 Å². The van der Waals surface area contributed by atoms with E-state index in [1.165, 1.54) is 17.4 Å². The summed E-state index contributed by atoms with van der Waals surface area (Å²) >= 11 is 1.52. The van der Waals surface area contributed by atoms with Crippen molar-refractivity contribution in [1.29, 1.82) is 0 Å². The minimum Gasteiger partial charge on any atom is -0.456 e. The van der Waals surface area contributed by atoms with Gasteiger partial charge in [0.05, 0.1) is 10.2 Å². The lowest BCUT2D eigenvalue weighted by molar-refractivity contribution is -0.139. The molecule has 0 amide bonds. The zero-order valence-corrected chi connectivity index (χ0v) is 12.1. The minimum absolute atomic E-state index is 0.0976. The van der Waals surface area contributed by atoms with Gasteiger partial charge in [0.2, 0.25) is 0 Å². The lowest BCUT2D eigenvalue weighted by Crippen LogP contribution is -2.00. The van der Waals surface area contributed by atoms with Crippen molar-refractivity contribution in [3.8, 4) is 0 Å². The van der Waals surface area contributed by atoms with Crippen LogP contribution in [0.1, 0.15) is 16.5 Å². The summed E-state index contributed by atoms with van der Waals surface area (Å²) in [5, 5.41) is 4.52. The predicted molar refractivity (Wildman–Crippen MR) is 79.7 cm³/mol. The SMILES string of the molecule is Cc1cc(COC(=O)/C=C/c2nc3ccccc3s2)no1. The van der Waals surface area contributed by atoms with Gasteiger partial charge in [0, 0.05) is 12.1 Å². The maximum atomic E-state index is 11.6. The molecule has 0 aliphatic rings. The van der Waals surface area contributed by atoms with Gasteiger partial charge in [0.25, 0.3) is 0 Å². The number of rotatable bonds is 4. The molecule has 2 heterocycles. The van der Waals surface area contributed by atoms with Gasteiger partial charge in [0.1, 0.15) is 23.1 Å². The molecular formula is C15H12N2O3S. The summed E-state index contributed by atoms with van der Waals surface area (Å²) in [7, 11) is 0. The number of thiazole rings is 1. The Labute approximate surface area is 124 Å². The van der Waals surface area contributed by atoms with E-state index >= 15 is 0 Å². The third-order valence-corrected chi connectivity index (χ3v) is 3.71.